The molecule has 0 aliphatic carbocycles. The van der Waals surface area contributed by atoms with Gasteiger partial charge in [-0.25, -0.2) is 0 Å². The summed E-state index contributed by atoms with van der Waals surface area (Å²) in [6, 6.07) is 5.99. The van der Waals surface area contributed by atoms with E-state index in [2.05, 4.69) is 11.1 Å². The van der Waals surface area contributed by atoms with Gasteiger partial charge in [0.1, 0.15) is 21.6 Å². The molecule has 0 bridgehead atoms. The van der Waals surface area contributed by atoms with Crippen molar-refractivity contribution in [3.63, 3.8) is 0 Å². The first-order valence-electron chi connectivity index (χ1n) is 5.63. The van der Waals surface area contributed by atoms with Gasteiger partial charge in [0.05, 0.1) is 7.11 Å². The Morgan fingerprint density at radius 3 is 2.74 bits per heavy atom. The largest absolute Gasteiger partial charge is 0.492 e. The first kappa shape index (κ1) is 13.2. The van der Waals surface area contributed by atoms with Crippen LogP contribution in [0.25, 0.3) is 0 Å². The quantitative estimate of drug-likeness (QED) is 0.925. The summed E-state index contributed by atoms with van der Waals surface area (Å²) in [5.74, 6) is 0.568. The number of nitriles is 1. The fourth-order valence-corrected chi connectivity index (χ4v) is 2.73. The maximum atomic E-state index is 9.02. The van der Waals surface area contributed by atoms with Crippen LogP contribution in [0.3, 0.4) is 0 Å². The zero-order valence-electron chi connectivity index (χ0n) is 10.8. The zero-order valence-corrected chi connectivity index (χ0v) is 11.6. The minimum Gasteiger partial charge on any atom is -0.492 e. The Bertz CT molecular complexity index is 603. The smallest absolute Gasteiger partial charge is 0.177 e. The summed E-state index contributed by atoms with van der Waals surface area (Å²) in [7, 11) is 3.50. The van der Waals surface area contributed by atoms with Crippen molar-refractivity contribution in [2.75, 3.05) is 24.8 Å². The molecule has 98 valence electrons. The monoisotopic (exact) mass is 274 g/mol. The van der Waals surface area contributed by atoms with E-state index in [-0.39, 0.29) is 0 Å². The predicted octanol–water partition coefficient (Wildman–Crippen LogP) is 2.24. The average Bonchev–Trinajstić information content (AvgIpc) is 2.76. The number of hydrogen-bond donors (Lipinski definition) is 1. The van der Waals surface area contributed by atoms with E-state index in [1.54, 1.807) is 19.5 Å². The van der Waals surface area contributed by atoms with Crippen molar-refractivity contribution >= 4 is 22.0 Å². The number of nitrogen functional groups attached to an aromatic ring is 1. The van der Waals surface area contributed by atoms with Crippen LogP contribution >= 0.6 is 11.3 Å². The Balaban J connectivity index is 2.29. The van der Waals surface area contributed by atoms with Gasteiger partial charge < -0.3 is 15.4 Å². The fraction of sp³-hybridized carbons (Fsp3) is 0.231. The number of methoxy groups -OCH3 is 1. The zero-order chi connectivity index (χ0) is 13.8. The van der Waals surface area contributed by atoms with Gasteiger partial charge in [0.2, 0.25) is 0 Å². The van der Waals surface area contributed by atoms with Crippen molar-refractivity contribution in [1.82, 2.24) is 4.98 Å². The number of nitrogens with zero attached hydrogens (tertiary/aromatic N) is 3. The van der Waals surface area contributed by atoms with Gasteiger partial charge in [-0.05, 0) is 17.7 Å². The molecule has 0 saturated carbocycles. The standard InChI is InChI=1S/C13H14N4OS/c1-17(8-9-3-5-16-6-4-9)13-12(18-2)11(15)10(7-14)19-13/h3-6H,8,15H2,1-2H3. The molecule has 0 saturated heterocycles. The van der Waals surface area contributed by atoms with E-state index in [0.717, 1.165) is 10.6 Å². The molecule has 0 fully saturated rings. The first-order valence-corrected chi connectivity index (χ1v) is 6.45. The highest BCUT2D eigenvalue weighted by molar-refractivity contribution is 7.17. The van der Waals surface area contributed by atoms with Crippen molar-refractivity contribution in [2.45, 2.75) is 6.54 Å². The molecule has 2 aromatic heterocycles. The van der Waals surface area contributed by atoms with Gasteiger partial charge in [-0.15, -0.1) is 11.3 Å². The molecule has 0 aliphatic rings. The highest BCUT2D eigenvalue weighted by Crippen LogP contribution is 2.44. The van der Waals surface area contributed by atoms with Gasteiger partial charge in [-0.3, -0.25) is 4.98 Å². The van der Waals surface area contributed by atoms with E-state index in [1.807, 2.05) is 24.1 Å². The van der Waals surface area contributed by atoms with Crippen LogP contribution in [0.1, 0.15) is 10.4 Å². The summed E-state index contributed by atoms with van der Waals surface area (Å²) in [4.78, 5) is 6.48. The lowest BCUT2D eigenvalue weighted by Gasteiger charge is -2.18. The number of anilines is 2. The number of thiophene rings is 1. The number of hydrogen-bond acceptors (Lipinski definition) is 6. The van der Waals surface area contributed by atoms with Gasteiger partial charge in [-0.1, -0.05) is 0 Å². The van der Waals surface area contributed by atoms with Gasteiger partial charge >= 0.3 is 0 Å². The summed E-state index contributed by atoms with van der Waals surface area (Å²) in [5.41, 5.74) is 7.42. The topological polar surface area (TPSA) is 75.2 Å². The number of aromatic nitrogens is 1. The van der Waals surface area contributed by atoms with E-state index in [1.165, 1.54) is 11.3 Å². The number of rotatable bonds is 4. The summed E-state index contributed by atoms with van der Waals surface area (Å²) in [6.07, 6.45) is 3.51. The second kappa shape index (κ2) is 5.59. The average molecular weight is 274 g/mol. The summed E-state index contributed by atoms with van der Waals surface area (Å²) in [6.45, 7) is 0.698. The Kier molecular flexibility index (Phi) is 3.88. The normalized spacial score (nSPS) is 9.95. The van der Waals surface area contributed by atoms with Gasteiger partial charge in [0.15, 0.2) is 5.75 Å². The molecule has 2 rings (SSSR count). The predicted molar refractivity (Wildman–Crippen MR) is 76.3 cm³/mol. The molecule has 6 heteroatoms. The maximum absolute atomic E-state index is 9.02. The second-order valence-electron chi connectivity index (χ2n) is 4.01. The molecule has 0 unspecified atom stereocenters. The van der Waals surface area contributed by atoms with Crippen molar-refractivity contribution < 1.29 is 4.74 Å². The minimum atomic E-state index is 0.409. The van der Waals surface area contributed by atoms with Crippen LogP contribution in [-0.2, 0) is 6.54 Å². The summed E-state index contributed by atoms with van der Waals surface area (Å²) in [5, 5.41) is 9.88. The van der Waals surface area contributed by atoms with Crippen molar-refractivity contribution in [3.05, 3.63) is 35.0 Å². The first-order chi connectivity index (χ1) is 9.17. The van der Waals surface area contributed by atoms with Crippen molar-refractivity contribution in [3.8, 4) is 11.8 Å². The third kappa shape index (κ3) is 2.61. The molecule has 0 aliphatic heterocycles. The fourth-order valence-electron chi connectivity index (χ4n) is 1.78. The number of nitrogens with two attached hydrogens (primary N) is 1. The Morgan fingerprint density at radius 2 is 2.16 bits per heavy atom. The lowest BCUT2D eigenvalue weighted by molar-refractivity contribution is 0.418. The molecule has 0 amide bonds. The van der Waals surface area contributed by atoms with Crippen molar-refractivity contribution in [2.24, 2.45) is 0 Å². The Morgan fingerprint density at radius 1 is 1.47 bits per heavy atom. The maximum Gasteiger partial charge on any atom is 0.177 e. The lowest BCUT2D eigenvalue weighted by Crippen LogP contribution is -2.15. The highest BCUT2D eigenvalue weighted by atomic mass is 32.1. The molecule has 2 N–H and O–H groups in total. The Hall–Kier alpha value is -2.26. The summed E-state index contributed by atoms with van der Waals surface area (Å²) >= 11 is 1.34. The van der Waals surface area contributed by atoms with E-state index in [4.69, 9.17) is 15.7 Å². The number of ether oxygens (including phenoxy) is 1. The van der Waals surface area contributed by atoms with E-state index >= 15 is 0 Å². The molecule has 0 aromatic carbocycles. The lowest BCUT2D eigenvalue weighted by atomic mass is 10.2. The molecular formula is C13H14N4OS. The third-order valence-electron chi connectivity index (χ3n) is 2.70. The number of pyridine rings is 1. The van der Waals surface area contributed by atoms with Crippen LogP contribution in [-0.4, -0.2) is 19.1 Å². The SMILES string of the molecule is COc1c(N(C)Cc2ccncc2)sc(C#N)c1N. The molecule has 2 heterocycles. The highest BCUT2D eigenvalue weighted by Gasteiger charge is 2.19. The molecule has 19 heavy (non-hydrogen) atoms. The van der Waals surface area contributed by atoms with E-state index in [0.29, 0.717) is 22.9 Å². The molecular weight excluding hydrogens is 260 g/mol. The van der Waals surface area contributed by atoms with Crippen LogP contribution in [0.15, 0.2) is 24.5 Å². The Labute approximate surface area is 115 Å². The second-order valence-corrected chi connectivity index (χ2v) is 5.01. The van der Waals surface area contributed by atoms with Gasteiger partial charge in [0.25, 0.3) is 0 Å². The van der Waals surface area contributed by atoms with Crippen LogP contribution in [0.4, 0.5) is 10.7 Å². The van der Waals surface area contributed by atoms with Crippen molar-refractivity contribution in [1.29, 1.82) is 5.26 Å². The van der Waals surface area contributed by atoms with Crippen LogP contribution in [0.2, 0.25) is 0 Å². The molecule has 5 nitrogen and oxygen atoms in total. The molecule has 0 radical (unpaired) electrons. The van der Waals surface area contributed by atoms with Gasteiger partial charge in [0, 0.05) is 26.0 Å². The van der Waals surface area contributed by atoms with E-state index in [9.17, 15) is 0 Å². The van der Waals surface area contributed by atoms with Crippen LogP contribution in [0.5, 0.6) is 5.75 Å². The van der Waals surface area contributed by atoms with Gasteiger partial charge in [-0.2, -0.15) is 5.26 Å². The summed E-state index contributed by atoms with van der Waals surface area (Å²) < 4.78 is 5.30. The van der Waals surface area contributed by atoms with Crippen LogP contribution < -0.4 is 15.4 Å². The molecule has 0 atom stereocenters. The minimum absolute atomic E-state index is 0.409. The molecule has 2 aromatic rings. The van der Waals surface area contributed by atoms with E-state index < -0.39 is 0 Å². The molecule has 0 spiro atoms. The van der Waals surface area contributed by atoms with Crippen LogP contribution in [0, 0.1) is 11.3 Å². The third-order valence-corrected chi connectivity index (χ3v) is 3.91.